The summed E-state index contributed by atoms with van der Waals surface area (Å²) in [4.78, 5) is 0. The third-order valence-electron chi connectivity index (χ3n) is 2.23. The van der Waals surface area contributed by atoms with Crippen molar-refractivity contribution < 1.29 is 13.5 Å². The molecule has 0 saturated carbocycles. The van der Waals surface area contributed by atoms with Crippen molar-refractivity contribution in [3.63, 3.8) is 0 Å². The van der Waals surface area contributed by atoms with E-state index in [1.54, 1.807) is 6.07 Å². The normalized spacial score (nSPS) is 9.83. The second-order valence-electron chi connectivity index (χ2n) is 3.56. The predicted octanol–water partition coefficient (Wildman–Crippen LogP) is 3.94. The first kappa shape index (κ1) is 12.1. The molecule has 0 fully saturated rings. The quantitative estimate of drug-likeness (QED) is 0.742. The van der Waals surface area contributed by atoms with Gasteiger partial charge in [0.05, 0.1) is 6.42 Å². The molecule has 0 aliphatic carbocycles. The van der Waals surface area contributed by atoms with Crippen LogP contribution in [-0.2, 0) is 0 Å². The van der Waals surface area contributed by atoms with Gasteiger partial charge in [0.25, 0.3) is 0 Å². The van der Waals surface area contributed by atoms with Crippen LogP contribution in [0.15, 0.2) is 42.5 Å². The Morgan fingerprint density at radius 2 is 1.94 bits per heavy atom. The van der Waals surface area contributed by atoms with E-state index in [1.165, 1.54) is 42.8 Å². The van der Waals surface area contributed by atoms with E-state index in [-0.39, 0.29) is 11.5 Å². The average Bonchev–Trinajstić information content (AvgIpc) is 2.34. The summed E-state index contributed by atoms with van der Waals surface area (Å²) < 4.78 is 31.7. The summed E-state index contributed by atoms with van der Waals surface area (Å²) in [7, 11) is 0. The lowest BCUT2D eigenvalue weighted by Crippen LogP contribution is -1.91. The van der Waals surface area contributed by atoms with Crippen molar-refractivity contribution in [2.45, 2.75) is 0 Å². The molecular formula is C15H9F2O. The SMILES string of the molecule is C#C[CH]c1ccc(F)c(Oc2cccc(F)c2)c1. The molecule has 2 aromatic rings. The summed E-state index contributed by atoms with van der Waals surface area (Å²) >= 11 is 0. The van der Waals surface area contributed by atoms with E-state index in [0.717, 1.165) is 0 Å². The maximum atomic E-state index is 13.5. The van der Waals surface area contributed by atoms with Gasteiger partial charge in [-0.25, -0.2) is 8.78 Å². The number of halogens is 2. The minimum Gasteiger partial charge on any atom is -0.454 e. The number of hydrogen-bond acceptors (Lipinski definition) is 1. The highest BCUT2D eigenvalue weighted by Gasteiger charge is 2.06. The zero-order valence-corrected chi connectivity index (χ0v) is 9.36. The number of hydrogen-bond donors (Lipinski definition) is 0. The Balaban J connectivity index is 2.28. The fourth-order valence-corrected chi connectivity index (χ4v) is 1.44. The largest absolute Gasteiger partial charge is 0.454 e. The third-order valence-corrected chi connectivity index (χ3v) is 2.23. The van der Waals surface area contributed by atoms with Crippen molar-refractivity contribution in [1.29, 1.82) is 0 Å². The molecule has 0 saturated heterocycles. The van der Waals surface area contributed by atoms with Gasteiger partial charge in [-0.3, -0.25) is 0 Å². The molecule has 0 heterocycles. The lowest BCUT2D eigenvalue weighted by Gasteiger charge is -2.08. The minimum atomic E-state index is -0.534. The number of ether oxygens (including phenoxy) is 1. The Hall–Kier alpha value is -2.34. The van der Waals surface area contributed by atoms with E-state index in [9.17, 15) is 8.78 Å². The first-order chi connectivity index (χ1) is 8.69. The van der Waals surface area contributed by atoms with Crippen LogP contribution in [0.1, 0.15) is 5.56 Å². The highest BCUT2D eigenvalue weighted by atomic mass is 19.1. The zero-order chi connectivity index (χ0) is 13.0. The lowest BCUT2D eigenvalue weighted by atomic mass is 10.1. The fraction of sp³-hybridized carbons (Fsp3) is 0. The Labute approximate surface area is 104 Å². The van der Waals surface area contributed by atoms with Crippen molar-refractivity contribution in [3.05, 3.63) is 66.1 Å². The van der Waals surface area contributed by atoms with Crippen molar-refractivity contribution in [2.75, 3.05) is 0 Å². The summed E-state index contributed by atoms with van der Waals surface area (Å²) in [5.41, 5.74) is 0.644. The van der Waals surface area contributed by atoms with Gasteiger partial charge in [0.1, 0.15) is 11.6 Å². The van der Waals surface area contributed by atoms with E-state index in [2.05, 4.69) is 5.92 Å². The summed E-state index contributed by atoms with van der Waals surface area (Å²) in [6, 6.07) is 9.73. The van der Waals surface area contributed by atoms with Gasteiger partial charge in [-0.2, -0.15) is 0 Å². The number of rotatable bonds is 3. The Morgan fingerprint density at radius 1 is 1.11 bits per heavy atom. The fourth-order valence-electron chi connectivity index (χ4n) is 1.44. The highest BCUT2D eigenvalue weighted by Crippen LogP contribution is 2.26. The molecule has 89 valence electrons. The molecule has 0 amide bonds. The number of terminal acetylenes is 1. The van der Waals surface area contributed by atoms with Crippen LogP contribution in [0.5, 0.6) is 11.5 Å². The van der Waals surface area contributed by atoms with Gasteiger partial charge in [0.15, 0.2) is 11.6 Å². The van der Waals surface area contributed by atoms with E-state index in [4.69, 9.17) is 11.2 Å². The third kappa shape index (κ3) is 2.86. The van der Waals surface area contributed by atoms with E-state index >= 15 is 0 Å². The monoisotopic (exact) mass is 243 g/mol. The van der Waals surface area contributed by atoms with Crippen molar-refractivity contribution in [3.8, 4) is 23.8 Å². The molecular weight excluding hydrogens is 234 g/mol. The topological polar surface area (TPSA) is 9.23 Å². The van der Waals surface area contributed by atoms with Crippen LogP contribution in [-0.4, -0.2) is 0 Å². The van der Waals surface area contributed by atoms with Gasteiger partial charge in [-0.15, -0.1) is 6.42 Å². The van der Waals surface area contributed by atoms with Gasteiger partial charge in [0.2, 0.25) is 0 Å². The first-order valence-electron chi connectivity index (χ1n) is 5.21. The molecule has 0 unspecified atom stereocenters. The lowest BCUT2D eigenvalue weighted by molar-refractivity contribution is 0.438. The summed E-state index contributed by atoms with van der Waals surface area (Å²) in [6.45, 7) is 0. The van der Waals surface area contributed by atoms with Crippen LogP contribution < -0.4 is 4.74 Å². The van der Waals surface area contributed by atoms with E-state index in [1.807, 2.05) is 0 Å². The van der Waals surface area contributed by atoms with Crippen LogP contribution in [0.4, 0.5) is 8.78 Å². The van der Waals surface area contributed by atoms with Crippen molar-refractivity contribution in [2.24, 2.45) is 0 Å². The molecule has 18 heavy (non-hydrogen) atoms. The van der Waals surface area contributed by atoms with Gasteiger partial charge in [0, 0.05) is 6.07 Å². The zero-order valence-electron chi connectivity index (χ0n) is 9.36. The summed E-state index contributed by atoms with van der Waals surface area (Å²) in [6.07, 6.45) is 6.62. The molecule has 1 nitrogen and oxygen atoms in total. The predicted molar refractivity (Wildman–Crippen MR) is 65.1 cm³/mol. The average molecular weight is 243 g/mol. The van der Waals surface area contributed by atoms with Gasteiger partial charge >= 0.3 is 0 Å². The standard InChI is InChI=1S/C15H9F2O/c1-2-4-11-7-8-14(17)15(9-11)18-13-6-3-5-12(16)10-13/h1,3-10H. The molecule has 0 N–H and O–H groups in total. The molecule has 0 spiro atoms. The summed E-state index contributed by atoms with van der Waals surface area (Å²) in [5.74, 6) is 1.59. The Bertz CT molecular complexity index is 600. The van der Waals surface area contributed by atoms with Gasteiger partial charge in [-0.1, -0.05) is 18.1 Å². The van der Waals surface area contributed by atoms with Crippen LogP contribution in [0.25, 0.3) is 0 Å². The first-order valence-corrected chi connectivity index (χ1v) is 5.21. The molecule has 2 rings (SSSR count). The van der Waals surface area contributed by atoms with Gasteiger partial charge in [-0.05, 0) is 29.8 Å². The second kappa shape index (κ2) is 5.33. The number of benzene rings is 2. The van der Waals surface area contributed by atoms with E-state index < -0.39 is 11.6 Å². The maximum Gasteiger partial charge on any atom is 0.165 e. The smallest absolute Gasteiger partial charge is 0.165 e. The molecule has 2 aromatic carbocycles. The highest BCUT2D eigenvalue weighted by molar-refractivity contribution is 5.40. The summed E-state index contributed by atoms with van der Waals surface area (Å²) in [5, 5.41) is 0. The second-order valence-corrected chi connectivity index (χ2v) is 3.56. The molecule has 0 aliphatic heterocycles. The van der Waals surface area contributed by atoms with Gasteiger partial charge < -0.3 is 4.74 Å². The van der Waals surface area contributed by atoms with Crippen molar-refractivity contribution in [1.82, 2.24) is 0 Å². The van der Waals surface area contributed by atoms with Crippen LogP contribution >= 0.6 is 0 Å². The molecule has 3 heteroatoms. The van der Waals surface area contributed by atoms with Crippen LogP contribution in [0.2, 0.25) is 0 Å². The molecule has 0 bridgehead atoms. The van der Waals surface area contributed by atoms with Crippen LogP contribution in [0, 0.1) is 30.4 Å². The minimum absolute atomic E-state index is 0.00426. The van der Waals surface area contributed by atoms with Crippen LogP contribution in [0.3, 0.4) is 0 Å². The maximum absolute atomic E-state index is 13.5. The molecule has 0 aromatic heterocycles. The van der Waals surface area contributed by atoms with E-state index in [0.29, 0.717) is 5.56 Å². The Kier molecular flexibility index (Phi) is 3.59. The molecule has 0 aliphatic rings. The molecule has 1 radical (unpaired) electrons. The van der Waals surface area contributed by atoms with Crippen molar-refractivity contribution >= 4 is 0 Å². The molecule has 0 atom stereocenters. The Morgan fingerprint density at radius 3 is 2.67 bits per heavy atom.